The molecular formula is C9H15ClN4O. The Kier molecular flexibility index (Phi) is 3.36. The summed E-state index contributed by atoms with van der Waals surface area (Å²) in [5.74, 6) is 0.525. The van der Waals surface area contributed by atoms with Gasteiger partial charge in [0.25, 0.3) is 0 Å². The van der Waals surface area contributed by atoms with E-state index in [0.29, 0.717) is 18.1 Å². The summed E-state index contributed by atoms with van der Waals surface area (Å²) in [4.78, 5) is 9.50. The van der Waals surface area contributed by atoms with E-state index in [1.54, 1.807) is 25.8 Å². The van der Waals surface area contributed by atoms with Crippen molar-refractivity contribution in [1.29, 1.82) is 0 Å². The van der Waals surface area contributed by atoms with E-state index in [1.807, 2.05) is 0 Å². The number of nitrogens with zero attached hydrogens (tertiary/aromatic N) is 3. The van der Waals surface area contributed by atoms with Gasteiger partial charge in [0.1, 0.15) is 0 Å². The average molecular weight is 231 g/mol. The maximum atomic E-state index is 9.65. The molecule has 84 valence electrons. The zero-order chi connectivity index (χ0) is 11.6. The van der Waals surface area contributed by atoms with Crippen LogP contribution >= 0.6 is 11.6 Å². The van der Waals surface area contributed by atoms with E-state index < -0.39 is 5.60 Å². The molecule has 3 N–H and O–H groups in total. The van der Waals surface area contributed by atoms with Crippen LogP contribution < -0.4 is 10.6 Å². The van der Waals surface area contributed by atoms with Crippen LogP contribution in [0.5, 0.6) is 0 Å². The van der Waals surface area contributed by atoms with Crippen LogP contribution in [0.3, 0.4) is 0 Å². The van der Waals surface area contributed by atoms with E-state index in [9.17, 15) is 5.11 Å². The van der Waals surface area contributed by atoms with Crippen molar-refractivity contribution in [2.45, 2.75) is 19.4 Å². The molecule has 1 aromatic rings. The quantitative estimate of drug-likeness (QED) is 0.756. The minimum Gasteiger partial charge on any atom is -0.394 e. The summed E-state index contributed by atoms with van der Waals surface area (Å²) in [6.07, 6.45) is 1.45. The molecular weight excluding hydrogens is 216 g/mol. The smallest absolute Gasteiger partial charge is 0.224 e. The molecule has 0 spiro atoms. The average Bonchev–Trinajstić information content (AvgIpc) is 2.06. The van der Waals surface area contributed by atoms with Gasteiger partial charge in [0.2, 0.25) is 5.28 Å². The maximum absolute atomic E-state index is 9.65. The molecule has 15 heavy (non-hydrogen) atoms. The van der Waals surface area contributed by atoms with Gasteiger partial charge in [-0.1, -0.05) is 0 Å². The number of aliphatic hydroxyl groups is 1. The molecule has 1 rings (SSSR count). The molecule has 1 aromatic heterocycles. The van der Waals surface area contributed by atoms with Gasteiger partial charge in [0, 0.05) is 13.6 Å². The molecule has 6 heteroatoms. The number of rotatable bonds is 3. The summed E-state index contributed by atoms with van der Waals surface area (Å²) in [5, 5.41) is 9.79. The highest BCUT2D eigenvalue weighted by atomic mass is 35.5. The minimum atomic E-state index is -0.821. The third-order valence-electron chi connectivity index (χ3n) is 1.75. The van der Waals surface area contributed by atoms with Gasteiger partial charge in [-0.2, -0.15) is 4.98 Å². The fourth-order valence-electron chi connectivity index (χ4n) is 1.32. The molecule has 5 nitrogen and oxygen atoms in total. The molecule has 0 aliphatic carbocycles. The van der Waals surface area contributed by atoms with E-state index in [-0.39, 0.29) is 5.28 Å². The molecule has 0 radical (unpaired) electrons. The predicted molar refractivity (Wildman–Crippen MR) is 61.0 cm³/mol. The summed E-state index contributed by atoms with van der Waals surface area (Å²) in [5.41, 5.74) is 5.32. The Labute approximate surface area is 93.9 Å². The number of likely N-dealkylation sites (N-methyl/N-ethyl adjacent to an activating group) is 1. The van der Waals surface area contributed by atoms with E-state index >= 15 is 0 Å². The first-order valence-corrected chi connectivity index (χ1v) is 4.89. The zero-order valence-corrected chi connectivity index (χ0v) is 9.78. The first-order valence-electron chi connectivity index (χ1n) is 4.51. The van der Waals surface area contributed by atoms with E-state index in [1.165, 1.54) is 6.20 Å². The summed E-state index contributed by atoms with van der Waals surface area (Å²) in [6, 6.07) is 0. The van der Waals surface area contributed by atoms with Crippen molar-refractivity contribution in [2.24, 2.45) is 0 Å². The Hall–Kier alpha value is -1.07. The Morgan fingerprint density at radius 2 is 2.20 bits per heavy atom. The van der Waals surface area contributed by atoms with Crippen molar-refractivity contribution in [3.05, 3.63) is 11.5 Å². The van der Waals surface area contributed by atoms with E-state index in [2.05, 4.69) is 9.97 Å². The number of aromatic nitrogens is 2. The van der Waals surface area contributed by atoms with E-state index in [0.717, 1.165) is 0 Å². The Balaban J connectivity index is 2.90. The van der Waals surface area contributed by atoms with Gasteiger partial charge in [0.05, 0.1) is 17.5 Å². The van der Waals surface area contributed by atoms with Crippen LogP contribution in [0.15, 0.2) is 6.20 Å². The van der Waals surface area contributed by atoms with Crippen LogP contribution in [-0.4, -0.2) is 34.3 Å². The molecule has 0 aliphatic rings. The standard InChI is InChI=1S/C9H15ClN4O/c1-9(2,15)5-14(3)7-6(11)4-12-8(10)13-7/h4,15H,5,11H2,1-3H3. The third kappa shape index (κ3) is 3.53. The van der Waals surface area contributed by atoms with Crippen LogP contribution in [0.1, 0.15) is 13.8 Å². The Morgan fingerprint density at radius 3 is 2.73 bits per heavy atom. The lowest BCUT2D eigenvalue weighted by Gasteiger charge is -2.26. The third-order valence-corrected chi connectivity index (χ3v) is 1.93. The molecule has 1 heterocycles. The summed E-state index contributed by atoms with van der Waals surface area (Å²) >= 11 is 5.67. The van der Waals surface area contributed by atoms with Gasteiger partial charge in [-0.3, -0.25) is 0 Å². The summed E-state index contributed by atoms with van der Waals surface area (Å²) in [7, 11) is 1.78. The minimum absolute atomic E-state index is 0.141. The first kappa shape index (κ1) is 12.0. The lowest BCUT2D eigenvalue weighted by Crippen LogP contribution is -2.37. The van der Waals surface area contributed by atoms with Gasteiger partial charge in [-0.15, -0.1) is 0 Å². The van der Waals surface area contributed by atoms with Gasteiger partial charge in [-0.25, -0.2) is 4.98 Å². The van der Waals surface area contributed by atoms with E-state index in [4.69, 9.17) is 17.3 Å². The Bertz CT molecular complexity index is 350. The van der Waals surface area contributed by atoms with Gasteiger partial charge >= 0.3 is 0 Å². The number of halogens is 1. The number of hydrogen-bond acceptors (Lipinski definition) is 5. The van der Waals surface area contributed by atoms with Crippen LogP contribution in [0.4, 0.5) is 11.5 Å². The lowest BCUT2D eigenvalue weighted by atomic mass is 10.1. The highest BCUT2D eigenvalue weighted by Crippen LogP contribution is 2.21. The molecule has 0 saturated heterocycles. The predicted octanol–water partition coefficient (Wildman–Crippen LogP) is 0.919. The molecule has 0 atom stereocenters. The monoisotopic (exact) mass is 230 g/mol. The van der Waals surface area contributed by atoms with Crippen LogP contribution in [-0.2, 0) is 0 Å². The van der Waals surface area contributed by atoms with Crippen molar-refractivity contribution in [2.75, 3.05) is 24.2 Å². The van der Waals surface area contributed by atoms with Crippen molar-refractivity contribution in [3.63, 3.8) is 0 Å². The molecule has 0 bridgehead atoms. The van der Waals surface area contributed by atoms with Crippen LogP contribution in [0, 0.1) is 0 Å². The largest absolute Gasteiger partial charge is 0.394 e. The molecule has 0 unspecified atom stereocenters. The second-order valence-electron chi connectivity index (χ2n) is 4.09. The van der Waals surface area contributed by atoms with Gasteiger partial charge in [0.15, 0.2) is 5.82 Å². The maximum Gasteiger partial charge on any atom is 0.224 e. The van der Waals surface area contributed by atoms with Crippen molar-refractivity contribution >= 4 is 23.1 Å². The van der Waals surface area contributed by atoms with Crippen molar-refractivity contribution in [1.82, 2.24) is 9.97 Å². The van der Waals surface area contributed by atoms with Crippen LogP contribution in [0.2, 0.25) is 5.28 Å². The van der Waals surface area contributed by atoms with Crippen molar-refractivity contribution < 1.29 is 5.11 Å². The molecule has 0 amide bonds. The Morgan fingerprint density at radius 1 is 1.60 bits per heavy atom. The van der Waals surface area contributed by atoms with Crippen LogP contribution in [0.25, 0.3) is 0 Å². The molecule has 0 aliphatic heterocycles. The lowest BCUT2D eigenvalue weighted by molar-refractivity contribution is 0.0885. The fourth-order valence-corrected chi connectivity index (χ4v) is 1.45. The molecule has 0 saturated carbocycles. The SMILES string of the molecule is CN(CC(C)(C)O)c1nc(Cl)ncc1N. The molecule has 0 aromatic carbocycles. The topological polar surface area (TPSA) is 75.3 Å². The number of anilines is 2. The van der Waals surface area contributed by atoms with Gasteiger partial charge in [-0.05, 0) is 25.4 Å². The second-order valence-corrected chi connectivity index (χ2v) is 4.42. The van der Waals surface area contributed by atoms with Crippen molar-refractivity contribution in [3.8, 4) is 0 Å². The molecule has 0 fully saturated rings. The highest BCUT2D eigenvalue weighted by Gasteiger charge is 2.18. The first-order chi connectivity index (χ1) is 6.79. The number of hydrogen-bond donors (Lipinski definition) is 2. The summed E-state index contributed by atoms with van der Waals surface area (Å²) < 4.78 is 0. The fraction of sp³-hybridized carbons (Fsp3) is 0.556. The second kappa shape index (κ2) is 4.20. The van der Waals surface area contributed by atoms with Gasteiger partial charge < -0.3 is 15.7 Å². The zero-order valence-electron chi connectivity index (χ0n) is 9.03. The summed E-state index contributed by atoms with van der Waals surface area (Å²) in [6.45, 7) is 3.83. The number of nitrogens with two attached hydrogens (primary N) is 1. The highest BCUT2D eigenvalue weighted by molar-refractivity contribution is 6.28. The normalized spacial score (nSPS) is 11.5. The number of nitrogen functional groups attached to an aromatic ring is 1.